The van der Waals surface area contributed by atoms with Crippen LogP contribution in [0, 0.1) is 29.9 Å². The number of carbonyl (C=O) groups is 1. The van der Waals surface area contributed by atoms with Crippen LogP contribution in [0.5, 0.6) is 0 Å². The minimum Gasteiger partial charge on any atom is -0.319 e. The average Bonchev–Trinajstić information content (AvgIpc) is 2.63. The molecule has 27 heavy (non-hydrogen) atoms. The third-order valence-corrected chi connectivity index (χ3v) is 4.18. The molecule has 0 aliphatic rings. The maximum Gasteiger partial charge on any atom is 0.266 e. The number of hydrogen-bond acceptors (Lipinski definition) is 3. The minimum atomic E-state index is -0.943. The molecule has 134 valence electrons. The lowest BCUT2D eigenvalue weighted by Crippen LogP contribution is -2.14. The Bertz CT molecular complexity index is 1140. The zero-order valence-corrected chi connectivity index (χ0v) is 14.8. The molecule has 0 saturated heterocycles. The lowest BCUT2D eigenvalue weighted by molar-refractivity contribution is -0.112. The molecular weight excluding hydrogens is 372 g/mol. The lowest BCUT2D eigenvalue weighted by atomic mass is 10.1. The molecule has 1 aromatic heterocycles. The van der Waals surface area contributed by atoms with Crippen LogP contribution in [0.1, 0.15) is 11.1 Å². The summed E-state index contributed by atoms with van der Waals surface area (Å²) in [5, 5.41) is 12.5. The molecule has 3 rings (SSSR count). The van der Waals surface area contributed by atoms with Crippen LogP contribution in [0.2, 0.25) is 5.15 Å². The van der Waals surface area contributed by atoms with Gasteiger partial charge < -0.3 is 5.32 Å². The van der Waals surface area contributed by atoms with E-state index in [-0.39, 0.29) is 16.4 Å². The minimum absolute atomic E-state index is 0.130. The van der Waals surface area contributed by atoms with Crippen molar-refractivity contribution in [2.75, 3.05) is 5.32 Å². The standard InChI is InChI=1S/C20H12ClF2N3O/c1-11-3-2-4-12-7-13(19(21)26-18(11)12)8-14(10-24)20(27)25-17-6-5-15(22)9-16(17)23/h2-9H,1H3,(H,25,27)/b14-8+. The van der Waals surface area contributed by atoms with Crippen LogP contribution in [0.25, 0.3) is 17.0 Å². The molecule has 1 heterocycles. The highest BCUT2D eigenvalue weighted by atomic mass is 35.5. The molecule has 4 nitrogen and oxygen atoms in total. The number of nitrogens with zero attached hydrogens (tertiary/aromatic N) is 2. The zero-order chi connectivity index (χ0) is 19.6. The van der Waals surface area contributed by atoms with Gasteiger partial charge in [0.1, 0.15) is 28.4 Å². The summed E-state index contributed by atoms with van der Waals surface area (Å²) in [6.07, 6.45) is 1.27. The van der Waals surface area contributed by atoms with Crippen LogP contribution in [0.4, 0.5) is 14.5 Å². The van der Waals surface area contributed by atoms with Gasteiger partial charge in [-0.2, -0.15) is 5.26 Å². The monoisotopic (exact) mass is 383 g/mol. The number of nitriles is 1. The van der Waals surface area contributed by atoms with Crippen LogP contribution < -0.4 is 5.32 Å². The molecule has 7 heteroatoms. The first-order chi connectivity index (χ1) is 12.9. The van der Waals surface area contributed by atoms with Gasteiger partial charge in [0.25, 0.3) is 5.91 Å². The predicted molar refractivity (Wildman–Crippen MR) is 100 cm³/mol. The second-order valence-corrected chi connectivity index (χ2v) is 6.12. The quantitative estimate of drug-likeness (QED) is 0.392. The molecule has 0 unspecified atom stereocenters. The molecule has 1 amide bonds. The first-order valence-electron chi connectivity index (χ1n) is 7.83. The fraction of sp³-hybridized carbons (Fsp3) is 0.0500. The van der Waals surface area contributed by atoms with Crippen molar-refractivity contribution < 1.29 is 13.6 Å². The summed E-state index contributed by atoms with van der Waals surface area (Å²) in [4.78, 5) is 16.6. The van der Waals surface area contributed by atoms with Crippen LogP contribution >= 0.6 is 11.6 Å². The summed E-state index contributed by atoms with van der Waals surface area (Å²) in [6.45, 7) is 1.90. The number of para-hydroxylation sites is 1. The van der Waals surface area contributed by atoms with Gasteiger partial charge in [0.05, 0.1) is 11.2 Å². The number of anilines is 1. The number of aryl methyl sites for hydroxylation is 1. The van der Waals surface area contributed by atoms with Crippen molar-refractivity contribution in [1.82, 2.24) is 4.98 Å². The van der Waals surface area contributed by atoms with Crippen molar-refractivity contribution in [3.8, 4) is 6.07 Å². The number of hydrogen-bond donors (Lipinski definition) is 1. The van der Waals surface area contributed by atoms with Crippen molar-refractivity contribution in [2.24, 2.45) is 0 Å². The highest BCUT2D eigenvalue weighted by Gasteiger charge is 2.14. The van der Waals surface area contributed by atoms with E-state index < -0.39 is 17.5 Å². The Labute approximate surface area is 158 Å². The number of aromatic nitrogens is 1. The van der Waals surface area contributed by atoms with Crippen molar-refractivity contribution in [3.63, 3.8) is 0 Å². The summed E-state index contributed by atoms with van der Waals surface area (Å²) in [6, 6.07) is 11.8. The molecule has 0 saturated carbocycles. The largest absolute Gasteiger partial charge is 0.319 e. The van der Waals surface area contributed by atoms with Gasteiger partial charge in [-0.1, -0.05) is 29.8 Å². The summed E-state index contributed by atoms with van der Waals surface area (Å²) in [7, 11) is 0. The van der Waals surface area contributed by atoms with Gasteiger partial charge >= 0.3 is 0 Å². The molecule has 2 aromatic carbocycles. The Kier molecular flexibility index (Phi) is 5.15. The molecule has 1 N–H and O–H groups in total. The molecule has 0 fully saturated rings. The number of pyridine rings is 1. The molecule has 0 radical (unpaired) electrons. The van der Waals surface area contributed by atoms with Crippen LogP contribution in [0.15, 0.2) is 48.0 Å². The van der Waals surface area contributed by atoms with E-state index in [1.807, 2.05) is 25.1 Å². The van der Waals surface area contributed by atoms with E-state index in [1.165, 1.54) is 6.08 Å². The fourth-order valence-corrected chi connectivity index (χ4v) is 2.72. The van der Waals surface area contributed by atoms with E-state index in [2.05, 4.69) is 10.3 Å². The Morgan fingerprint density at radius 3 is 2.74 bits per heavy atom. The van der Waals surface area contributed by atoms with Crippen LogP contribution in [-0.4, -0.2) is 10.9 Å². The van der Waals surface area contributed by atoms with E-state index in [0.717, 1.165) is 28.6 Å². The fourth-order valence-electron chi connectivity index (χ4n) is 2.53. The van der Waals surface area contributed by atoms with Gasteiger partial charge in [-0.05, 0) is 36.8 Å². The topological polar surface area (TPSA) is 65.8 Å². The molecule has 3 aromatic rings. The first-order valence-corrected chi connectivity index (χ1v) is 8.21. The Balaban J connectivity index is 1.96. The molecule has 0 bridgehead atoms. The molecule has 0 spiro atoms. The average molecular weight is 384 g/mol. The second kappa shape index (κ2) is 7.52. The van der Waals surface area contributed by atoms with Gasteiger partial charge in [0.15, 0.2) is 0 Å². The third-order valence-electron chi connectivity index (χ3n) is 3.87. The number of fused-ring (bicyclic) bond motifs is 1. The van der Waals surface area contributed by atoms with Gasteiger partial charge in [-0.3, -0.25) is 4.79 Å². The maximum absolute atomic E-state index is 13.7. The van der Waals surface area contributed by atoms with E-state index >= 15 is 0 Å². The van der Waals surface area contributed by atoms with E-state index in [0.29, 0.717) is 11.6 Å². The molecule has 0 atom stereocenters. The van der Waals surface area contributed by atoms with Gasteiger partial charge in [-0.25, -0.2) is 13.8 Å². The highest BCUT2D eigenvalue weighted by molar-refractivity contribution is 6.31. The molecule has 0 aliphatic carbocycles. The van der Waals surface area contributed by atoms with Gasteiger partial charge in [0.2, 0.25) is 0 Å². The van der Waals surface area contributed by atoms with Crippen LogP contribution in [0.3, 0.4) is 0 Å². The Hall–Kier alpha value is -3.30. The SMILES string of the molecule is Cc1cccc2cc(/C=C(\C#N)C(=O)Nc3ccc(F)cc3F)c(Cl)nc12. The van der Waals surface area contributed by atoms with E-state index in [9.17, 15) is 18.8 Å². The normalized spacial score (nSPS) is 11.3. The number of rotatable bonds is 3. The van der Waals surface area contributed by atoms with Crippen molar-refractivity contribution in [2.45, 2.75) is 6.92 Å². The zero-order valence-electron chi connectivity index (χ0n) is 14.1. The van der Waals surface area contributed by atoms with Crippen LogP contribution in [-0.2, 0) is 4.79 Å². The van der Waals surface area contributed by atoms with Crippen molar-refractivity contribution >= 4 is 40.2 Å². The molecule has 0 aliphatic heterocycles. The number of nitrogens with one attached hydrogen (secondary N) is 1. The van der Waals surface area contributed by atoms with Gasteiger partial charge in [0, 0.05) is 17.0 Å². The van der Waals surface area contributed by atoms with E-state index in [1.54, 1.807) is 12.1 Å². The highest BCUT2D eigenvalue weighted by Crippen LogP contribution is 2.25. The maximum atomic E-state index is 13.7. The summed E-state index contributed by atoms with van der Waals surface area (Å²) in [5.74, 6) is -2.56. The second-order valence-electron chi connectivity index (χ2n) is 5.76. The predicted octanol–water partition coefficient (Wildman–Crippen LogP) is 5.02. The smallest absolute Gasteiger partial charge is 0.266 e. The Morgan fingerprint density at radius 2 is 2.04 bits per heavy atom. The van der Waals surface area contributed by atoms with E-state index in [4.69, 9.17) is 11.6 Å². The number of benzene rings is 2. The number of halogens is 3. The summed E-state index contributed by atoms with van der Waals surface area (Å²) >= 11 is 6.19. The molecular formula is C20H12ClF2N3O. The summed E-state index contributed by atoms with van der Waals surface area (Å²) in [5.41, 5.74) is 1.50. The summed E-state index contributed by atoms with van der Waals surface area (Å²) < 4.78 is 26.7. The third kappa shape index (κ3) is 3.94. The first kappa shape index (κ1) is 18.5. The lowest BCUT2D eigenvalue weighted by Gasteiger charge is -2.07. The number of carbonyl (C=O) groups excluding carboxylic acids is 1. The van der Waals surface area contributed by atoms with Gasteiger partial charge in [-0.15, -0.1) is 0 Å². The van der Waals surface area contributed by atoms with Crippen molar-refractivity contribution in [1.29, 1.82) is 5.26 Å². The number of amides is 1. The Morgan fingerprint density at radius 1 is 1.26 bits per heavy atom. The van der Waals surface area contributed by atoms with Crippen molar-refractivity contribution in [3.05, 3.63) is 76.0 Å².